The third-order valence-corrected chi connectivity index (χ3v) is 5.92. The topological polar surface area (TPSA) is 96.7 Å². The summed E-state index contributed by atoms with van der Waals surface area (Å²) in [5.74, 6) is 0.329. The van der Waals surface area contributed by atoms with Crippen molar-refractivity contribution in [2.45, 2.75) is 32.9 Å². The van der Waals surface area contributed by atoms with Crippen LogP contribution in [0.1, 0.15) is 29.9 Å². The number of nitrogens with zero attached hydrogens (tertiary/aromatic N) is 5. The van der Waals surface area contributed by atoms with Crippen LogP contribution in [-0.2, 0) is 0 Å². The summed E-state index contributed by atoms with van der Waals surface area (Å²) < 4.78 is 7.32. The molecule has 1 aliphatic rings. The van der Waals surface area contributed by atoms with Crippen molar-refractivity contribution in [1.82, 2.24) is 24.9 Å². The normalized spacial score (nSPS) is 18.6. The van der Waals surface area contributed by atoms with Crippen LogP contribution in [0.15, 0.2) is 42.9 Å². The quantitative estimate of drug-likeness (QED) is 0.498. The van der Waals surface area contributed by atoms with Crippen molar-refractivity contribution >= 4 is 33.8 Å². The highest BCUT2D eigenvalue weighted by Crippen LogP contribution is 2.30. The molecular formula is C24H27N7O2. The van der Waals surface area contributed by atoms with E-state index in [2.05, 4.69) is 44.6 Å². The zero-order chi connectivity index (χ0) is 23.1. The highest BCUT2D eigenvalue weighted by Gasteiger charge is 2.24. The van der Waals surface area contributed by atoms with E-state index in [0.29, 0.717) is 40.2 Å². The van der Waals surface area contributed by atoms with E-state index in [1.54, 1.807) is 19.4 Å². The fraction of sp³-hybridized carbons (Fsp3) is 0.333. The van der Waals surface area contributed by atoms with Gasteiger partial charge in [-0.1, -0.05) is 0 Å². The Morgan fingerprint density at radius 3 is 2.73 bits per heavy atom. The molecule has 9 nitrogen and oxygen atoms in total. The van der Waals surface area contributed by atoms with Crippen LogP contribution in [0.2, 0.25) is 0 Å². The minimum absolute atomic E-state index is 0.257. The fourth-order valence-corrected chi connectivity index (χ4v) is 4.66. The molecule has 1 amide bonds. The number of pyridine rings is 1. The van der Waals surface area contributed by atoms with E-state index in [0.717, 1.165) is 29.9 Å². The van der Waals surface area contributed by atoms with E-state index in [1.165, 1.54) is 0 Å². The molecule has 5 rings (SSSR count). The number of aromatic nitrogens is 4. The molecule has 2 atom stereocenters. The standard InChI is InChI=1S/C24H27N7O2/c1-14-10-30(11-15(2)26-14)20-6-5-19(22-18(20)7-8-25-29-22)24(32)28-17-9-21(33-4)23-27-16(3)12-31(23)13-17/h5-9,12-15,26H,10-11H2,1-4H3,(H,28,32)/t14-,15-/m0/s1. The monoisotopic (exact) mass is 445 g/mol. The van der Waals surface area contributed by atoms with E-state index in [-0.39, 0.29) is 5.91 Å². The summed E-state index contributed by atoms with van der Waals surface area (Å²) in [5.41, 5.74) is 4.29. The average molecular weight is 446 g/mol. The van der Waals surface area contributed by atoms with Gasteiger partial charge < -0.3 is 24.7 Å². The number of methoxy groups -OCH3 is 1. The summed E-state index contributed by atoms with van der Waals surface area (Å²) in [7, 11) is 1.59. The number of benzene rings is 1. The van der Waals surface area contributed by atoms with Crippen molar-refractivity contribution in [3.63, 3.8) is 0 Å². The highest BCUT2D eigenvalue weighted by atomic mass is 16.5. The van der Waals surface area contributed by atoms with Gasteiger partial charge >= 0.3 is 0 Å². The van der Waals surface area contributed by atoms with Gasteiger partial charge in [0.1, 0.15) is 5.52 Å². The summed E-state index contributed by atoms with van der Waals surface area (Å²) >= 11 is 0. The second kappa shape index (κ2) is 8.32. The number of carbonyl (C=O) groups is 1. The molecule has 9 heteroatoms. The molecule has 0 spiro atoms. The molecule has 4 heterocycles. The van der Waals surface area contributed by atoms with Crippen LogP contribution in [0.5, 0.6) is 5.75 Å². The molecule has 33 heavy (non-hydrogen) atoms. The van der Waals surface area contributed by atoms with Gasteiger partial charge in [0.05, 0.1) is 30.3 Å². The first kappa shape index (κ1) is 21.1. The Labute approximate surface area is 191 Å². The maximum atomic E-state index is 13.3. The minimum Gasteiger partial charge on any atom is -0.493 e. The molecule has 1 fully saturated rings. The van der Waals surface area contributed by atoms with Crippen LogP contribution in [0.3, 0.4) is 0 Å². The van der Waals surface area contributed by atoms with Gasteiger partial charge in [-0.25, -0.2) is 4.98 Å². The Kier molecular flexibility index (Phi) is 5.33. The van der Waals surface area contributed by atoms with E-state index < -0.39 is 0 Å². The van der Waals surface area contributed by atoms with Crippen LogP contribution < -0.4 is 20.3 Å². The molecule has 3 aromatic heterocycles. The number of rotatable bonds is 4. The third kappa shape index (κ3) is 3.95. The van der Waals surface area contributed by atoms with E-state index in [1.807, 2.05) is 41.9 Å². The van der Waals surface area contributed by atoms with Gasteiger partial charge in [0, 0.05) is 54.7 Å². The first-order valence-corrected chi connectivity index (χ1v) is 11.0. The van der Waals surface area contributed by atoms with E-state index >= 15 is 0 Å². The lowest BCUT2D eigenvalue weighted by Crippen LogP contribution is -2.54. The Bertz CT molecular complexity index is 1340. The summed E-state index contributed by atoms with van der Waals surface area (Å²) in [5, 5.41) is 15.8. The van der Waals surface area contributed by atoms with Crippen molar-refractivity contribution in [2.75, 3.05) is 30.4 Å². The third-order valence-electron chi connectivity index (χ3n) is 5.92. The Morgan fingerprint density at radius 2 is 1.97 bits per heavy atom. The van der Waals surface area contributed by atoms with Crippen molar-refractivity contribution in [1.29, 1.82) is 0 Å². The summed E-state index contributed by atoms with van der Waals surface area (Å²) in [6.45, 7) is 8.05. The molecule has 1 aromatic carbocycles. The van der Waals surface area contributed by atoms with Crippen LogP contribution in [0.25, 0.3) is 16.6 Å². The maximum Gasteiger partial charge on any atom is 0.257 e. The smallest absolute Gasteiger partial charge is 0.257 e. The SMILES string of the molecule is COc1cc(NC(=O)c2ccc(N3C[C@H](C)N[C@@H](C)C3)c3ccnnc23)cn2cc(C)nc12. The number of hydrogen-bond donors (Lipinski definition) is 2. The van der Waals surface area contributed by atoms with Gasteiger partial charge in [0.15, 0.2) is 11.4 Å². The first-order valence-electron chi connectivity index (χ1n) is 11.0. The number of anilines is 2. The number of aryl methyl sites for hydroxylation is 1. The van der Waals surface area contributed by atoms with Crippen molar-refractivity contribution in [3.05, 3.63) is 54.1 Å². The lowest BCUT2D eigenvalue weighted by atomic mass is 10.0. The summed E-state index contributed by atoms with van der Waals surface area (Å²) in [6, 6.07) is 8.28. The summed E-state index contributed by atoms with van der Waals surface area (Å²) in [4.78, 5) is 20.1. The lowest BCUT2D eigenvalue weighted by molar-refractivity contribution is 0.102. The number of amides is 1. The first-order chi connectivity index (χ1) is 15.9. The second-order valence-corrected chi connectivity index (χ2v) is 8.66. The number of nitrogens with one attached hydrogen (secondary N) is 2. The number of fused-ring (bicyclic) bond motifs is 2. The molecular weight excluding hydrogens is 418 g/mol. The van der Waals surface area contributed by atoms with Gasteiger partial charge in [-0.15, -0.1) is 5.10 Å². The second-order valence-electron chi connectivity index (χ2n) is 8.66. The van der Waals surface area contributed by atoms with Crippen molar-refractivity contribution in [3.8, 4) is 5.75 Å². The fourth-order valence-electron chi connectivity index (χ4n) is 4.66. The number of piperazine rings is 1. The molecule has 0 unspecified atom stereocenters. The lowest BCUT2D eigenvalue weighted by Gasteiger charge is -2.38. The minimum atomic E-state index is -0.257. The molecule has 1 saturated heterocycles. The van der Waals surface area contributed by atoms with Crippen molar-refractivity contribution < 1.29 is 9.53 Å². The zero-order valence-electron chi connectivity index (χ0n) is 19.2. The average Bonchev–Trinajstić information content (AvgIpc) is 3.17. The number of hydrogen-bond acceptors (Lipinski definition) is 7. The van der Waals surface area contributed by atoms with Crippen LogP contribution >= 0.6 is 0 Å². The number of carbonyl (C=O) groups excluding carboxylic acids is 1. The molecule has 4 aromatic rings. The highest BCUT2D eigenvalue weighted by molar-refractivity contribution is 6.13. The van der Waals surface area contributed by atoms with E-state index in [9.17, 15) is 4.79 Å². The number of imidazole rings is 1. The predicted octanol–water partition coefficient (Wildman–Crippen LogP) is 3.03. The van der Waals surface area contributed by atoms with Gasteiger partial charge in [0.25, 0.3) is 5.91 Å². The van der Waals surface area contributed by atoms with Crippen molar-refractivity contribution in [2.24, 2.45) is 0 Å². The van der Waals surface area contributed by atoms with Crippen LogP contribution in [0.4, 0.5) is 11.4 Å². The molecule has 0 radical (unpaired) electrons. The molecule has 170 valence electrons. The van der Waals surface area contributed by atoms with Gasteiger partial charge in [-0.05, 0) is 39.0 Å². The molecule has 2 N–H and O–H groups in total. The van der Waals surface area contributed by atoms with E-state index in [4.69, 9.17) is 4.74 Å². The van der Waals surface area contributed by atoms with Crippen LogP contribution in [-0.4, -0.2) is 57.8 Å². The molecule has 0 aliphatic carbocycles. The Hall–Kier alpha value is -3.72. The molecule has 0 saturated carbocycles. The molecule has 0 bridgehead atoms. The van der Waals surface area contributed by atoms with Crippen LogP contribution in [0, 0.1) is 6.92 Å². The largest absolute Gasteiger partial charge is 0.493 e. The number of ether oxygens (including phenoxy) is 1. The Balaban J connectivity index is 1.50. The van der Waals surface area contributed by atoms with Gasteiger partial charge in [0.2, 0.25) is 0 Å². The zero-order valence-corrected chi connectivity index (χ0v) is 19.2. The summed E-state index contributed by atoms with van der Waals surface area (Å²) in [6.07, 6.45) is 5.38. The van der Waals surface area contributed by atoms with Gasteiger partial charge in [-0.2, -0.15) is 5.10 Å². The molecule has 1 aliphatic heterocycles. The predicted molar refractivity (Wildman–Crippen MR) is 128 cm³/mol. The Morgan fingerprint density at radius 1 is 1.18 bits per heavy atom. The van der Waals surface area contributed by atoms with Gasteiger partial charge in [-0.3, -0.25) is 4.79 Å². The maximum absolute atomic E-state index is 13.3.